The molecule has 0 saturated carbocycles. The van der Waals surface area contributed by atoms with E-state index in [2.05, 4.69) is 82.2 Å². The van der Waals surface area contributed by atoms with Crippen molar-refractivity contribution in [3.05, 3.63) is 84.2 Å². The van der Waals surface area contributed by atoms with Gasteiger partial charge in [0.05, 0.1) is 5.69 Å². The summed E-state index contributed by atoms with van der Waals surface area (Å²) in [5.74, 6) is 0.826. The molecule has 1 unspecified atom stereocenters. The number of rotatable bonds is 7. The second-order valence-corrected chi connectivity index (χ2v) is 6.61. The minimum absolute atomic E-state index is 0.346. The highest BCUT2D eigenvalue weighted by Crippen LogP contribution is 2.08. The molecule has 3 rings (SSSR count). The lowest BCUT2D eigenvalue weighted by Crippen LogP contribution is -2.42. The van der Waals surface area contributed by atoms with Crippen molar-refractivity contribution < 1.29 is 0 Å². The molecule has 3 aromatic rings. The van der Waals surface area contributed by atoms with Crippen molar-refractivity contribution in [2.45, 2.75) is 32.4 Å². The molecule has 5 nitrogen and oxygen atoms in total. The SMILES string of the molecule is CN=C(NCc1ccc(-n2cccn2)cc1)NC(C)CCc1ccccc1. The van der Waals surface area contributed by atoms with E-state index in [1.807, 2.05) is 16.9 Å². The third-order valence-corrected chi connectivity index (χ3v) is 4.48. The Bertz CT molecular complexity index is 823. The average Bonchev–Trinajstić information content (AvgIpc) is 3.25. The minimum Gasteiger partial charge on any atom is -0.354 e. The quantitative estimate of drug-likeness (QED) is 0.500. The number of aliphatic imine (C=N–C) groups is 1. The van der Waals surface area contributed by atoms with Gasteiger partial charge < -0.3 is 10.6 Å². The largest absolute Gasteiger partial charge is 0.354 e. The first-order valence-corrected chi connectivity index (χ1v) is 9.34. The predicted octanol–water partition coefficient (Wildman–Crippen LogP) is 3.56. The van der Waals surface area contributed by atoms with Gasteiger partial charge in [-0.25, -0.2) is 4.68 Å². The number of hydrogen-bond donors (Lipinski definition) is 2. The number of guanidine groups is 1. The number of nitrogens with one attached hydrogen (secondary N) is 2. The summed E-state index contributed by atoms with van der Waals surface area (Å²) >= 11 is 0. The van der Waals surface area contributed by atoms with Crippen LogP contribution in [0.5, 0.6) is 0 Å². The number of nitrogens with zero attached hydrogens (tertiary/aromatic N) is 3. The van der Waals surface area contributed by atoms with Gasteiger partial charge in [0, 0.05) is 32.0 Å². The lowest BCUT2D eigenvalue weighted by Gasteiger charge is -2.18. The van der Waals surface area contributed by atoms with E-state index < -0.39 is 0 Å². The molecule has 1 heterocycles. The van der Waals surface area contributed by atoms with Gasteiger partial charge in [-0.05, 0) is 49.1 Å². The van der Waals surface area contributed by atoms with Crippen molar-refractivity contribution in [3.8, 4) is 5.69 Å². The molecule has 0 fully saturated rings. The van der Waals surface area contributed by atoms with E-state index in [0.717, 1.165) is 31.0 Å². The molecule has 2 N–H and O–H groups in total. The number of aromatic nitrogens is 2. The fourth-order valence-electron chi connectivity index (χ4n) is 2.90. The Hall–Kier alpha value is -3.08. The van der Waals surface area contributed by atoms with Crippen LogP contribution in [0, 0.1) is 0 Å². The Balaban J connectivity index is 1.46. The summed E-state index contributed by atoms with van der Waals surface area (Å²) in [4.78, 5) is 4.34. The molecular formula is C22H27N5. The highest BCUT2D eigenvalue weighted by Gasteiger charge is 2.06. The summed E-state index contributed by atoms with van der Waals surface area (Å²) < 4.78 is 1.85. The molecule has 27 heavy (non-hydrogen) atoms. The van der Waals surface area contributed by atoms with Crippen molar-refractivity contribution in [2.75, 3.05) is 7.05 Å². The summed E-state index contributed by atoms with van der Waals surface area (Å²) in [6, 6.07) is 21.2. The molecule has 140 valence electrons. The zero-order valence-electron chi connectivity index (χ0n) is 16.0. The van der Waals surface area contributed by atoms with Gasteiger partial charge in [-0.1, -0.05) is 42.5 Å². The van der Waals surface area contributed by atoms with Crippen LogP contribution in [0.1, 0.15) is 24.5 Å². The first-order valence-electron chi connectivity index (χ1n) is 9.34. The van der Waals surface area contributed by atoms with Crippen molar-refractivity contribution in [2.24, 2.45) is 4.99 Å². The first-order chi connectivity index (χ1) is 13.2. The predicted molar refractivity (Wildman–Crippen MR) is 111 cm³/mol. The first kappa shape index (κ1) is 18.7. The Morgan fingerprint density at radius 3 is 2.48 bits per heavy atom. The number of benzene rings is 2. The van der Waals surface area contributed by atoms with Crippen LogP contribution in [0.3, 0.4) is 0 Å². The second-order valence-electron chi connectivity index (χ2n) is 6.61. The Kier molecular flexibility index (Phi) is 6.63. The fourth-order valence-corrected chi connectivity index (χ4v) is 2.90. The molecule has 0 aliphatic carbocycles. The van der Waals surface area contributed by atoms with Gasteiger partial charge in [0.25, 0.3) is 0 Å². The van der Waals surface area contributed by atoms with Crippen LogP contribution in [0.4, 0.5) is 0 Å². The highest BCUT2D eigenvalue weighted by atomic mass is 15.3. The van der Waals surface area contributed by atoms with Gasteiger partial charge in [-0.2, -0.15) is 5.10 Å². The van der Waals surface area contributed by atoms with Crippen LogP contribution < -0.4 is 10.6 Å². The van der Waals surface area contributed by atoms with Gasteiger partial charge in [0.15, 0.2) is 5.96 Å². The minimum atomic E-state index is 0.346. The van der Waals surface area contributed by atoms with Crippen LogP contribution in [0.15, 0.2) is 78.0 Å². The molecule has 0 saturated heterocycles. The van der Waals surface area contributed by atoms with Crippen molar-refractivity contribution >= 4 is 5.96 Å². The molecule has 0 spiro atoms. The van der Waals surface area contributed by atoms with Crippen LogP contribution in [-0.2, 0) is 13.0 Å². The average molecular weight is 361 g/mol. The Labute approximate surface area is 161 Å². The molecule has 0 bridgehead atoms. The molecule has 1 aromatic heterocycles. The monoisotopic (exact) mass is 361 g/mol. The van der Waals surface area contributed by atoms with Crippen molar-refractivity contribution in [1.82, 2.24) is 20.4 Å². The molecule has 2 aromatic carbocycles. The van der Waals surface area contributed by atoms with Crippen LogP contribution in [0.2, 0.25) is 0 Å². The van der Waals surface area contributed by atoms with E-state index in [-0.39, 0.29) is 0 Å². The maximum Gasteiger partial charge on any atom is 0.191 e. The highest BCUT2D eigenvalue weighted by molar-refractivity contribution is 5.79. The molecule has 1 atom stereocenters. The standard InChI is InChI=1S/C22H27N5/c1-18(9-10-19-7-4-3-5-8-19)26-22(23-2)24-17-20-11-13-21(14-12-20)27-16-6-15-25-27/h3-8,11-16,18H,9-10,17H2,1-2H3,(H2,23,24,26). The lowest BCUT2D eigenvalue weighted by atomic mass is 10.1. The fraction of sp³-hybridized carbons (Fsp3) is 0.273. The summed E-state index contributed by atoms with van der Waals surface area (Å²) in [6.45, 7) is 2.92. The van der Waals surface area contributed by atoms with Crippen LogP contribution in [-0.4, -0.2) is 28.8 Å². The maximum absolute atomic E-state index is 4.34. The lowest BCUT2D eigenvalue weighted by molar-refractivity contribution is 0.593. The summed E-state index contributed by atoms with van der Waals surface area (Å²) in [6.07, 6.45) is 5.84. The van der Waals surface area contributed by atoms with Crippen LogP contribution in [0.25, 0.3) is 5.69 Å². The summed E-state index contributed by atoms with van der Waals surface area (Å²) in [5.41, 5.74) is 3.62. The van der Waals surface area contributed by atoms with Gasteiger partial charge in [-0.3, -0.25) is 4.99 Å². The van der Waals surface area contributed by atoms with Gasteiger partial charge >= 0.3 is 0 Å². The summed E-state index contributed by atoms with van der Waals surface area (Å²) in [5, 5.41) is 11.1. The van der Waals surface area contributed by atoms with E-state index in [1.54, 1.807) is 13.2 Å². The van der Waals surface area contributed by atoms with E-state index in [9.17, 15) is 0 Å². The number of aryl methyl sites for hydroxylation is 1. The molecule has 5 heteroatoms. The Morgan fingerprint density at radius 1 is 1.04 bits per heavy atom. The molecular weight excluding hydrogens is 334 g/mol. The summed E-state index contributed by atoms with van der Waals surface area (Å²) in [7, 11) is 1.81. The van der Waals surface area contributed by atoms with E-state index >= 15 is 0 Å². The van der Waals surface area contributed by atoms with Crippen molar-refractivity contribution in [1.29, 1.82) is 0 Å². The Morgan fingerprint density at radius 2 is 1.81 bits per heavy atom. The van der Waals surface area contributed by atoms with Gasteiger partial charge in [0.1, 0.15) is 0 Å². The molecule has 0 radical (unpaired) electrons. The second kappa shape index (κ2) is 9.57. The van der Waals surface area contributed by atoms with Crippen LogP contribution >= 0.6 is 0 Å². The molecule has 0 aliphatic heterocycles. The molecule has 0 amide bonds. The zero-order valence-corrected chi connectivity index (χ0v) is 16.0. The zero-order chi connectivity index (χ0) is 18.9. The van der Waals surface area contributed by atoms with Crippen molar-refractivity contribution in [3.63, 3.8) is 0 Å². The normalized spacial score (nSPS) is 12.6. The van der Waals surface area contributed by atoms with E-state index in [1.165, 1.54) is 11.1 Å². The third kappa shape index (κ3) is 5.71. The maximum atomic E-state index is 4.34. The third-order valence-electron chi connectivity index (χ3n) is 4.48. The van der Waals surface area contributed by atoms with E-state index in [4.69, 9.17) is 0 Å². The topological polar surface area (TPSA) is 54.2 Å². The van der Waals surface area contributed by atoms with Gasteiger partial charge in [0.2, 0.25) is 0 Å². The van der Waals surface area contributed by atoms with E-state index in [0.29, 0.717) is 6.04 Å². The number of hydrogen-bond acceptors (Lipinski definition) is 2. The molecule has 0 aliphatic rings. The van der Waals surface area contributed by atoms with Gasteiger partial charge in [-0.15, -0.1) is 0 Å². The smallest absolute Gasteiger partial charge is 0.191 e.